The molecule has 18 heavy (non-hydrogen) atoms. The Bertz CT molecular complexity index is 550. The van der Waals surface area contributed by atoms with Gasteiger partial charge in [0.05, 0.1) is 6.20 Å². The number of nitrogens with zero attached hydrogens (tertiary/aromatic N) is 1. The number of hydrogen-bond acceptors (Lipinski definition) is 2. The molecule has 0 aliphatic heterocycles. The highest BCUT2D eigenvalue weighted by Crippen LogP contribution is 2.23. The van der Waals surface area contributed by atoms with Crippen LogP contribution in [0.1, 0.15) is 18.4 Å². The predicted octanol–water partition coefficient (Wildman–Crippen LogP) is 3.14. The van der Waals surface area contributed by atoms with E-state index >= 15 is 0 Å². The summed E-state index contributed by atoms with van der Waals surface area (Å²) in [5.41, 5.74) is 2.71. The number of rotatable bonds is 4. The number of aromatic nitrogens is 1. The summed E-state index contributed by atoms with van der Waals surface area (Å²) in [6.07, 6.45) is 5.43. The van der Waals surface area contributed by atoms with Crippen LogP contribution in [0.4, 0.5) is 4.39 Å². The Morgan fingerprint density at radius 1 is 1.28 bits per heavy atom. The molecule has 1 aliphatic rings. The molecule has 0 atom stereocenters. The van der Waals surface area contributed by atoms with Crippen LogP contribution in [0.2, 0.25) is 0 Å². The fourth-order valence-corrected chi connectivity index (χ4v) is 2.01. The maximum Gasteiger partial charge on any atom is 0.149 e. The van der Waals surface area contributed by atoms with E-state index < -0.39 is 0 Å². The number of benzene rings is 1. The molecule has 1 heterocycles. The maximum absolute atomic E-state index is 13.7. The molecule has 0 saturated heterocycles. The van der Waals surface area contributed by atoms with E-state index in [4.69, 9.17) is 0 Å². The molecule has 1 N–H and O–H groups in total. The van der Waals surface area contributed by atoms with Crippen molar-refractivity contribution in [3.8, 4) is 11.1 Å². The zero-order chi connectivity index (χ0) is 12.4. The van der Waals surface area contributed by atoms with E-state index in [1.54, 1.807) is 12.3 Å². The lowest BCUT2D eigenvalue weighted by Crippen LogP contribution is -2.15. The average molecular weight is 242 g/mol. The summed E-state index contributed by atoms with van der Waals surface area (Å²) in [7, 11) is 0. The molecule has 2 aromatic rings. The van der Waals surface area contributed by atoms with Crippen LogP contribution in [0.5, 0.6) is 0 Å². The third-order valence-electron chi connectivity index (χ3n) is 3.18. The second kappa shape index (κ2) is 4.86. The van der Waals surface area contributed by atoms with Crippen molar-refractivity contribution in [2.75, 3.05) is 0 Å². The van der Waals surface area contributed by atoms with Crippen molar-refractivity contribution in [2.24, 2.45) is 0 Å². The predicted molar refractivity (Wildman–Crippen MR) is 69.5 cm³/mol. The summed E-state index contributed by atoms with van der Waals surface area (Å²) in [5, 5.41) is 3.46. The van der Waals surface area contributed by atoms with Gasteiger partial charge in [-0.15, -0.1) is 0 Å². The van der Waals surface area contributed by atoms with E-state index in [-0.39, 0.29) is 5.82 Å². The third kappa shape index (κ3) is 2.57. The minimum atomic E-state index is -0.273. The fourth-order valence-electron chi connectivity index (χ4n) is 2.01. The number of hydrogen-bond donors (Lipinski definition) is 1. The molecule has 1 aromatic heterocycles. The van der Waals surface area contributed by atoms with Gasteiger partial charge in [0, 0.05) is 24.3 Å². The minimum absolute atomic E-state index is 0.273. The molecule has 1 aliphatic carbocycles. The topological polar surface area (TPSA) is 24.9 Å². The molecular formula is C15H15FN2. The largest absolute Gasteiger partial charge is 0.310 e. The first-order valence-electron chi connectivity index (χ1n) is 6.25. The number of pyridine rings is 1. The summed E-state index contributed by atoms with van der Waals surface area (Å²) < 4.78 is 13.7. The molecule has 92 valence electrons. The van der Waals surface area contributed by atoms with Gasteiger partial charge in [-0.25, -0.2) is 4.39 Å². The van der Waals surface area contributed by atoms with Crippen molar-refractivity contribution < 1.29 is 4.39 Å². The van der Waals surface area contributed by atoms with Crippen molar-refractivity contribution in [3.05, 3.63) is 54.1 Å². The van der Waals surface area contributed by atoms with Crippen LogP contribution < -0.4 is 5.32 Å². The average Bonchev–Trinajstić information content (AvgIpc) is 3.21. The molecule has 1 aromatic carbocycles. The zero-order valence-corrected chi connectivity index (χ0v) is 10.1. The monoisotopic (exact) mass is 242 g/mol. The maximum atomic E-state index is 13.7. The van der Waals surface area contributed by atoms with Gasteiger partial charge in [-0.1, -0.05) is 18.2 Å². The van der Waals surface area contributed by atoms with Crippen LogP contribution in [-0.2, 0) is 6.54 Å². The van der Waals surface area contributed by atoms with Crippen molar-refractivity contribution in [1.29, 1.82) is 0 Å². The standard InChI is InChI=1S/C15H15FN2/c16-15-10-17-7-6-14(15)12-3-1-2-11(8-12)9-18-13-4-5-13/h1-3,6-8,10,13,18H,4-5,9H2. The van der Waals surface area contributed by atoms with Crippen LogP contribution in [0.3, 0.4) is 0 Å². The SMILES string of the molecule is Fc1cnccc1-c1cccc(CNC2CC2)c1. The Morgan fingerprint density at radius 3 is 2.94 bits per heavy atom. The van der Waals surface area contributed by atoms with E-state index in [1.165, 1.54) is 24.6 Å². The van der Waals surface area contributed by atoms with Crippen LogP contribution in [-0.4, -0.2) is 11.0 Å². The second-order valence-electron chi connectivity index (χ2n) is 4.71. The Hall–Kier alpha value is -1.74. The molecule has 0 radical (unpaired) electrons. The molecule has 3 rings (SSSR count). The zero-order valence-electron chi connectivity index (χ0n) is 10.1. The summed E-state index contributed by atoms with van der Waals surface area (Å²) in [6, 6.07) is 10.4. The fraction of sp³-hybridized carbons (Fsp3) is 0.267. The lowest BCUT2D eigenvalue weighted by Gasteiger charge is -2.07. The first-order valence-corrected chi connectivity index (χ1v) is 6.25. The van der Waals surface area contributed by atoms with Gasteiger partial charge in [0.25, 0.3) is 0 Å². The Balaban J connectivity index is 1.83. The van der Waals surface area contributed by atoms with Gasteiger partial charge >= 0.3 is 0 Å². The highest BCUT2D eigenvalue weighted by Gasteiger charge is 2.19. The van der Waals surface area contributed by atoms with Gasteiger partial charge in [-0.2, -0.15) is 0 Å². The quantitative estimate of drug-likeness (QED) is 0.891. The summed E-state index contributed by atoms with van der Waals surface area (Å²) >= 11 is 0. The summed E-state index contributed by atoms with van der Waals surface area (Å²) in [4.78, 5) is 3.77. The number of nitrogens with one attached hydrogen (secondary N) is 1. The highest BCUT2D eigenvalue weighted by molar-refractivity contribution is 5.64. The van der Waals surface area contributed by atoms with Gasteiger partial charge in [0.15, 0.2) is 0 Å². The second-order valence-corrected chi connectivity index (χ2v) is 4.71. The van der Waals surface area contributed by atoms with Crippen molar-refractivity contribution in [2.45, 2.75) is 25.4 Å². The van der Waals surface area contributed by atoms with Crippen molar-refractivity contribution >= 4 is 0 Å². The van der Waals surface area contributed by atoms with Crippen LogP contribution >= 0.6 is 0 Å². The van der Waals surface area contributed by atoms with Crippen LogP contribution in [0.25, 0.3) is 11.1 Å². The smallest absolute Gasteiger partial charge is 0.149 e. The van der Waals surface area contributed by atoms with E-state index in [9.17, 15) is 4.39 Å². The summed E-state index contributed by atoms with van der Waals surface area (Å²) in [6.45, 7) is 0.852. The number of halogens is 1. The molecule has 0 spiro atoms. The Morgan fingerprint density at radius 2 is 2.17 bits per heavy atom. The van der Waals surface area contributed by atoms with E-state index in [0.717, 1.165) is 12.1 Å². The first-order chi connectivity index (χ1) is 8.83. The molecular weight excluding hydrogens is 227 g/mol. The lowest BCUT2D eigenvalue weighted by molar-refractivity contribution is 0.625. The Labute approximate surface area is 106 Å². The van der Waals surface area contributed by atoms with Gasteiger partial charge in [-0.3, -0.25) is 4.98 Å². The van der Waals surface area contributed by atoms with Crippen molar-refractivity contribution in [3.63, 3.8) is 0 Å². The van der Waals surface area contributed by atoms with Gasteiger partial charge in [0.1, 0.15) is 5.82 Å². The molecule has 0 bridgehead atoms. The Kier molecular flexibility index (Phi) is 3.07. The molecule has 1 fully saturated rings. The van der Waals surface area contributed by atoms with Gasteiger partial charge in [-0.05, 0) is 36.1 Å². The van der Waals surface area contributed by atoms with Gasteiger partial charge < -0.3 is 5.32 Å². The molecule has 0 unspecified atom stereocenters. The molecule has 0 amide bonds. The molecule has 3 heteroatoms. The van der Waals surface area contributed by atoms with E-state index in [0.29, 0.717) is 11.6 Å². The lowest BCUT2D eigenvalue weighted by atomic mass is 10.0. The highest BCUT2D eigenvalue weighted by atomic mass is 19.1. The van der Waals surface area contributed by atoms with E-state index in [2.05, 4.69) is 16.4 Å². The first kappa shape index (κ1) is 11.4. The van der Waals surface area contributed by atoms with Gasteiger partial charge in [0.2, 0.25) is 0 Å². The minimum Gasteiger partial charge on any atom is -0.310 e. The third-order valence-corrected chi connectivity index (χ3v) is 3.18. The molecule has 2 nitrogen and oxygen atoms in total. The summed E-state index contributed by atoms with van der Waals surface area (Å²) in [5.74, 6) is -0.273. The van der Waals surface area contributed by atoms with Crippen molar-refractivity contribution in [1.82, 2.24) is 10.3 Å². The molecule has 1 saturated carbocycles. The van der Waals surface area contributed by atoms with Crippen LogP contribution in [0, 0.1) is 5.82 Å². The normalized spacial score (nSPS) is 14.7. The van der Waals surface area contributed by atoms with E-state index in [1.807, 2.05) is 18.2 Å². The van der Waals surface area contributed by atoms with Crippen LogP contribution in [0.15, 0.2) is 42.7 Å².